The Morgan fingerprint density at radius 2 is 1.96 bits per heavy atom. The second-order valence-electron chi connectivity index (χ2n) is 6.10. The van der Waals surface area contributed by atoms with Crippen LogP contribution < -0.4 is 10.2 Å². The van der Waals surface area contributed by atoms with Gasteiger partial charge in [-0.1, -0.05) is 37.7 Å². The monoisotopic (exact) mass is 349 g/mol. The molecule has 1 N–H and O–H groups in total. The molecule has 5 nitrogen and oxygen atoms in total. The van der Waals surface area contributed by atoms with Crippen LogP contribution in [0.15, 0.2) is 29.2 Å². The van der Waals surface area contributed by atoms with E-state index in [0.717, 1.165) is 36.6 Å². The van der Waals surface area contributed by atoms with E-state index in [4.69, 9.17) is 0 Å². The molecule has 0 fully saturated rings. The topological polar surface area (TPSA) is 52.7 Å². The lowest BCUT2D eigenvalue weighted by Crippen LogP contribution is -2.55. The highest BCUT2D eigenvalue weighted by Crippen LogP contribution is 2.44. The Balaban J connectivity index is 2.00. The minimum absolute atomic E-state index is 0.174. The molecule has 1 aromatic rings. The van der Waals surface area contributed by atoms with E-state index < -0.39 is 4.75 Å². The Kier molecular flexibility index (Phi) is 6.29. The molecule has 0 bridgehead atoms. The van der Waals surface area contributed by atoms with Crippen molar-refractivity contribution in [1.29, 1.82) is 0 Å². The molecule has 132 valence electrons. The van der Waals surface area contributed by atoms with Gasteiger partial charge >= 0.3 is 0 Å². The van der Waals surface area contributed by atoms with Crippen molar-refractivity contribution in [3.8, 4) is 0 Å². The fourth-order valence-electron chi connectivity index (χ4n) is 2.87. The van der Waals surface area contributed by atoms with Gasteiger partial charge in [0.15, 0.2) is 4.75 Å². The van der Waals surface area contributed by atoms with Gasteiger partial charge in [-0.05, 0) is 45.1 Å². The maximum atomic E-state index is 12.7. The van der Waals surface area contributed by atoms with Crippen LogP contribution in [-0.4, -0.2) is 54.7 Å². The van der Waals surface area contributed by atoms with E-state index in [2.05, 4.69) is 24.1 Å². The molecule has 0 unspecified atom stereocenters. The summed E-state index contributed by atoms with van der Waals surface area (Å²) < 4.78 is -1.11. The summed E-state index contributed by atoms with van der Waals surface area (Å²) in [7, 11) is 1.73. The molecule has 1 aliphatic heterocycles. The smallest absolute Gasteiger partial charge is 0.252 e. The summed E-state index contributed by atoms with van der Waals surface area (Å²) in [6, 6.07) is 7.69. The number of anilines is 1. The zero-order chi connectivity index (χ0) is 17.7. The molecule has 0 spiro atoms. The highest BCUT2D eigenvalue weighted by Gasteiger charge is 2.48. The predicted molar refractivity (Wildman–Crippen MR) is 99.5 cm³/mol. The first-order valence-corrected chi connectivity index (χ1v) is 9.32. The molecule has 1 heterocycles. The third-order valence-corrected chi connectivity index (χ3v) is 5.85. The second-order valence-corrected chi connectivity index (χ2v) is 7.56. The molecular weight excluding hydrogens is 322 g/mol. The summed E-state index contributed by atoms with van der Waals surface area (Å²) in [5.41, 5.74) is 0.860. The predicted octanol–water partition coefficient (Wildman–Crippen LogP) is 2.36. The highest BCUT2D eigenvalue weighted by molar-refractivity contribution is 8.02. The van der Waals surface area contributed by atoms with Crippen LogP contribution in [0.4, 0.5) is 5.69 Å². The van der Waals surface area contributed by atoms with Gasteiger partial charge in [-0.15, -0.1) is 0 Å². The average Bonchev–Trinajstić information content (AvgIpc) is 2.59. The van der Waals surface area contributed by atoms with Crippen molar-refractivity contribution < 1.29 is 9.59 Å². The molecule has 24 heavy (non-hydrogen) atoms. The molecule has 6 heteroatoms. The quantitative estimate of drug-likeness (QED) is 0.606. The van der Waals surface area contributed by atoms with E-state index in [1.165, 1.54) is 11.8 Å². The third-order valence-electron chi connectivity index (χ3n) is 4.52. The Bertz CT molecular complexity index is 604. The molecule has 2 amide bonds. The van der Waals surface area contributed by atoms with Crippen molar-refractivity contribution in [2.75, 3.05) is 38.1 Å². The van der Waals surface area contributed by atoms with Crippen LogP contribution in [0.5, 0.6) is 0 Å². The van der Waals surface area contributed by atoms with Crippen molar-refractivity contribution in [3.05, 3.63) is 24.3 Å². The fourth-order valence-corrected chi connectivity index (χ4v) is 4.16. The number of hydrogen-bond acceptors (Lipinski definition) is 4. The number of fused-ring (bicyclic) bond motifs is 1. The van der Waals surface area contributed by atoms with Crippen molar-refractivity contribution in [1.82, 2.24) is 10.2 Å². The Morgan fingerprint density at radius 1 is 1.29 bits per heavy atom. The SMILES string of the molecule is CCN(CC)CCCNC(=O)[C@]1(C)Sc2ccccc2N(C)C1=O. The Morgan fingerprint density at radius 3 is 2.62 bits per heavy atom. The summed E-state index contributed by atoms with van der Waals surface area (Å²) in [6.45, 7) is 9.54. The Labute approximate surface area is 148 Å². The van der Waals surface area contributed by atoms with Gasteiger partial charge in [-0.3, -0.25) is 9.59 Å². The van der Waals surface area contributed by atoms with E-state index in [0.29, 0.717) is 6.54 Å². The highest BCUT2D eigenvalue weighted by atomic mass is 32.2. The summed E-state index contributed by atoms with van der Waals surface area (Å²) >= 11 is 1.34. The molecule has 1 atom stereocenters. The van der Waals surface area contributed by atoms with Crippen molar-refractivity contribution in [3.63, 3.8) is 0 Å². The van der Waals surface area contributed by atoms with Crippen LogP contribution in [-0.2, 0) is 9.59 Å². The number of thioether (sulfide) groups is 1. The van der Waals surface area contributed by atoms with Crippen LogP contribution in [0.1, 0.15) is 27.2 Å². The average molecular weight is 350 g/mol. The molecule has 0 saturated heterocycles. The van der Waals surface area contributed by atoms with Gasteiger partial charge in [-0.25, -0.2) is 0 Å². The van der Waals surface area contributed by atoms with Crippen molar-refractivity contribution in [2.24, 2.45) is 0 Å². The maximum Gasteiger partial charge on any atom is 0.252 e. The first-order valence-electron chi connectivity index (χ1n) is 8.50. The van der Waals surface area contributed by atoms with Gasteiger partial charge in [0.2, 0.25) is 5.91 Å². The van der Waals surface area contributed by atoms with E-state index in [1.807, 2.05) is 24.3 Å². The number of nitrogens with zero attached hydrogens (tertiary/aromatic N) is 2. The van der Waals surface area contributed by atoms with Gasteiger partial charge in [0.05, 0.1) is 5.69 Å². The number of hydrogen-bond donors (Lipinski definition) is 1. The summed E-state index contributed by atoms with van der Waals surface area (Å²) in [6.07, 6.45) is 0.884. The van der Waals surface area contributed by atoms with Crippen LogP contribution in [0, 0.1) is 0 Å². The molecule has 0 radical (unpaired) electrons. The molecule has 1 aliphatic rings. The van der Waals surface area contributed by atoms with Crippen LogP contribution >= 0.6 is 11.8 Å². The number of rotatable bonds is 7. The second kappa shape index (κ2) is 8.03. The van der Waals surface area contributed by atoms with Crippen LogP contribution in [0.25, 0.3) is 0 Å². The summed E-state index contributed by atoms with van der Waals surface area (Å²) in [5.74, 6) is -0.383. The van der Waals surface area contributed by atoms with E-state index in [-0.39, 0.29) is 11.8 Å². The lowest BCUT2D eigenvalue weighted by Gasteiger charge is -2.37. The van der Waals surface area contributed by atoms with Gasteiger partial charge in [0, 0.05) is 18.5 Å². The normalized spacial score (nSPS) is 20.2. The van der Waals surface area contributed by atoms with E-state index in [1.54, 1.807) is 18.9 Å². The van der Waals surface area contributed by atoms with E-state index >= 15 is 0 Å². The first-order chi connectivity index (χ1) is 11.4. The first kappa shape index (κ1) is 18.8. The standard InChI is InChI=1S/C18H27N3O2S/c1-5-21(6-2)13-9-12-19-16(22)18(3)17(23)20(4)14-10-7-8-11-15(14)24-18/h7-8,10-11H,5-6,9,12-13H2,1-4H3,(H,19,22)/t18-/m0/s1. The van der Waals surface area contributed by atoms with Crippen LogP contribution in [0.2, 0.25) is 0 Å². The van der Waals surface area contributed by atoms with Crippen molar-refractivity contribution in [2.45, 2.75) is 36.8 Å². The van der Waals surface area contributed by atoms with Crippen LogP contribution in [0.3, 0.4) is 0 Å². The van der Waals surface area contributed by atoms with Crippen molar-refractivity contribution >= 4 is 29.3 Å². The Hall–Kier alpha value is -1.53. The van der Waals surface area contributed by atoms with Gasteiger partial charge in [-0.2, -0.15) is 0 Å². The molecule has 1 aromatic carbocycles. The number of carbonyl (C=O) groups is 2. The zero-order valence-electron chi connectivity index (χ0n) is 15.0. The van der Waals surface area contributed by atoms with E-state index in [9.17, 15) is 9.59 Å². The minimum atomic E-state index is -1.11. The molecule has 0 aliphatic carbocycles. The molecule has 2 rings (SSSR count). The van der Waals surface area contributed by atoms with Gasteiger partial charge < -0.3 is 15.1 Å². The molecule has 0 aromatic heterocycles. The molecular formula is C18H27N3O2S. The molecule has 0 saturated carbocycles. The fraction of sp³-hybridized carbons (Fsp3) is 0.556. The zero-order valence-corrected chi connectivity index (χ0v) is 15.8. The van der Waals surface area contributed by atoms with Gasteiger partial charge in [0.1, 0.15) is 0 Å². The number of benzene rings is 1. The minimum Gasteiger partial charge on any atom is -0.354 e. The largest absolute Gasteiger partial charge is 0.354 e. The third kappa shape index (κ3) is 3.75. The van der Waals surface area contributed by atoms with Gasteiger partial charge in [0.25, 0.3) is 5.91 Å². The number of amides is 2. The lowest BCUT2D eigenvalue weighted by molar-refractivity contribution is -0.131. The summed E-state index contributed by atoms with van der Waals surface area (Å²) in [4.78, 5) is 30.3. The maximum absolute atomic E-state index is 12.7. The number of nitrogens with one attached hydrogen (secondary N) is 1. The lowest BCUT2D eigenvalue weighted by atomic mass is 10.1. The number of carbonyl (C=O) groups excluding carboxylic acids is 2. The number of para-hydroxylation sites is 1. The summed E-state index contributed by atoms with van der Waals surface area (Å²) in [5, 5.41) is 2.94.